The first-order valence-corrected chi connectivity index (χ1v) is 11.2. The van der Waals surface area contributed by atoms with E-state index in [0.717, 1.165) is 28.3 Å². The summed E-state index contributed by atoms with van der Waals surface area (Å²) in [5.41, 5.74) is 4.98. The predicted octanol–water partition coefficient (Wildman–Crippen LogP) is 3.69. The largest absolute Gasteiger partial charge is 0.478 e. The van der Waals surface area contributed by atoms with E-state index in [2.05, 4.69) is 9.88 Å². The summed E-state index contributed by atoms with van der Waals surface area (Å²) in [5, 5.41) is 11.6. The molecule has 35 heavy (non-hydrogen) atoms. The summed E-state index contributed by atoms with van der Waals surface area (Å²) in [6, 6.07) is 15.7. The molecule has 0 atom stereocenters. The van der Waals surface area contributed by atoms with Crippen molar-refractivity contribution in [1.82, 2.24) is 9.88 Å². The van der Waals surface area contributed by atoms with Crippen LogP contribution in [0.1, 0.15) is 27.3 Å². The minimum Gasteiger partial charge on any atom is -0.478 e. The molecule has 0 spiro atoms. The van der Waals surface area contributed by atoms with Gasteiger partial charge in [-0.2, -0.15) is 0 Å². The second-order valence-electron chi connectivity index (χ2n) is 8.38. The minimum atomic E-state index is -1.08. The van der Waals surface area contributed by atoms with Gasteiger partial charge in [-0.1, -0.05) is 0 Å². The molecule has 0 radical (unpaired) electrons. The van der Waals surface area contributed by atoms with Crippen LogP contribution in [0.2, 0.25) is 0 Å². The van der Waals surface area contributed by atoms with Crippen LogP contribution in [-0.2, 0) is 9.59 Å². The van der Waals surface area contributed by atoms with Crippen molar-refractivity contribution in [2.75, 3.05) is 23.9 Å². The maximum Gasteiger partial charge on any atom is 0.335 e. The van der Waals surface area contributed by atoms with E-state index in [4.69, 9.17) is 17.3 Å². The van der Waals surface area contributed by atoms with Gasteiger partial charge in [0.05, 0.1) is 11.3 Å². The van der Waals surface area contributed by atoms with E-state index in [1.165, 1.54) is 29.2 Å². The van der Waals surface area contributed by atoms with Gasteiger partial charge in [0.1, 0.15) is 5.57 Å². The number of carboxylic acid groups (broad SMARTS) is 1. The molecule has 2 aromatic carbocycles. The highest BCUT2D eigenvalue weighted by molar-refractivity contribution is 7.80. The number of rotatable bonds is 5. The van der Waals surface area contributed by atoms with Gasteiger partial charge in [-0.05, 0) is 92.3 Å². The molecule has 0 saturated carbocycles. The third kappa shape index (κ3) is 4.45. The monoisotopic (exact) mass is 488 g/mol. The summed E-state index contributed by atoms with van der Waals surface area (Å²) in [7, 11) is 3.96. The highest BCUT2D eigenvalue weighted by Crippen LogP contribution is 2.27. The van der Waals surface area contributed by atoms with E-state index in [1.54, 1.807) is 6.08 Å². The number of aromatic nitrogens is 1. The highest BCUT2D eigenvalue weighted by atomic mass is 32.1. The average molecular weight is 489 g/mol. The number of anilines is 2. The lowest BCUT2D eigenvalue weighted by molar-refractivity contribution is -0.122. The Kier molecular flexibility index (Phi) is 6.27. The number of aryl methyl sites for hydroxylation is 1. The third-order valence-electron chi connectivity index (χ3n) is 5.87. The average Bonchev–Trinajstić information content (AvgIpc) is 3.09. The molecule has 1 aliphatic heterocycles. The van der Waals surface area contributed by atoms with Crippen LogP contribution in [0, 0.1) is 13.8 Å². The molecule has 0 unspecified atom stereocenters. The summed E-state index contributed by atoms with van der Waals surface area (Å²) < 4.78 is 2.06. The number of amides is 2. The number of thiocarbonyl (C=S) groups is 1. The topological polar surface area (TPSA) is 94.9 Å². The fourth-order valence-corrected chi connectivity index (χ4v) is 4.31. The number of benzene rings is 2. The van der Waals surface area contributed by atoms with Crippen molar-refractivity contribution in [2.24, 2.45) is 0 Å². The molecular weight excluding hydrogens is 464 g/mol. The van der Waals surface area contributed by atoms with Gasteiger partial charge in [-0.3, -0.25) is 19.8 Å². The number of carbonyl (C=O) groups excluding carboxylic acids is 2. The number of hydrogen-bond donors (Lipinski definition) is 2. The first-order chi connectivity index (χ1) is 16.6. The van der Waals surface area contributed by atoms with Crippen LogP contribution in [0.15, 0.2) is 60.2 Å². The van der Waals surface area contributed by atoms with Gasteiger partial charge < -0.3 is 14.6 Å². The van der Waals surface area contributed by atoms with Crippen LogP contribution in [0.3, 0.4) is 0 Å². The van der Waals surface area contributed by atoms with Crippen LogP contribution in [0.5, 0.6) is 0 Å². The zero-order valence-corrected chi connectivity index (χ0v) is 20.5. The molecule has 9 heteroatoms. The fraction of sp³-hybridized carbons (Fsp3) is 0.154. The number of carboxylic acids is 1. The number of aromatic carboxylic acids is 1. The SMILES string of the molecule is Cc1cc(/C=C2\C(=O)NC(=S)N(c3ccc(C(=O)O)cc3)C2=O)c(C)n1-c1ccc(N(C)C)cc1. The molecule has 178 valence electrons. The second-order valence-corrected chi connectivity index (χ2v) is 8.77. The first kappa shape index (κ1) is 23.9. The van der Waals surface area contributed by atoms with Crippen molar-refractivity contribution in [3.05, 3.63) is 82.7 Å². The molecular formula is C26H24N4O4S. The fourth-order valence-electron chi connectivity index (χ4n) is 4.03. The van der Waals surface area contributed by atoms with Crippen molar-refractivity contribution in [3.8, 4) is 5.69 Å². The van der Waals surface area contributed by atoms with Crippen LogP contribution in [0.4, 0.5) is 11.4 Å². The van der Waals surface area contributed by atoms with E-state index >= 15 is 0 Å². The van der Waals surface area contributed by atoms with E-state index in [9.17, 15) is 14.4 Å². The summed E-state index contributed by atoms with van der Waals surface area (Å²) in [4.78, 5) is 40.4. The lowest BCUT2D eigenvalue weighted by Crippen LogP contribution is -2.54. The highest BCUT2D eigenvalue weighted by Gasteiger charge is 2.34. The lowest BCUT2D eigenvalue weighted by atomic mass is 10.1. The maximum absolute atomic E-state index is 13.3. The quantitative estimate of drug-likeness (QED) is 0.323. The van der Waals surface area contributed by atoms with Gasteiger partial charge in [-0.25, -0.2) is 4.79 Å². The van der Waals surface area contributed by atoms with Crippen molar-refractivity contribution in [2.45, 2.75) is 13.8 Å². The molecule has 1 fully saturated rings. The zero-order valence-electron chi connectivity index (χ0n) is 19.7. The third-order valence-corrected chi connectivity index (χ3v) is 6.15. The smallest absolute Gasteiger partial charge is 0.335 e. The number of carbonyl (C=O) groups is 3. The number of hydrogen-bond acceptors (Lipinski definition) is 5. The van der Waals surface area contributed by atoms with Crippen LogP contribution < -0.4 is 15.1 Å². The molecule has 0 bridgehead atoms. The number of nitrogens with zero attached hydrogens (tertiary/aromatic N) is 3. The molecule has 1 aromatic heterocycles. The summed E-state index contributed by atoms with van der Waals surface area (Å²) in [6.45, 7) is 3.89. The van der Waals surface area contributed by atoms with E-state index in [0.29, 0.717) is 5.69 Å². The van der Waals surface area contributed by atoms with Crippen molar-refractivity contribution in [1.29, 1.82) is 0 Å². The van der Waals surface area contributed by atoms with Crippen LogP contribution in [-0.4, -0.2) is 46.7 Å². The molecule has 8 nitrogen and oxygen atoms in total. The normalized spacial score (nSPS) is 14.9. The van der Waals surface area contributed by atoms with E-state index < -0.39 is 17.8 Å². The Morgan fingerprint density at radius 2 is 1.60 bits per heavy atom. The van der Waals surface area contributed by atoms with Crippen molar-refractivity contribution in [3.63, 3.8) is 0 Å². The number of nitrogens with one attached hydrogen (secondary N) is 1. The minimum absolute atomic E-state index is 0.0633. The van der Waals surface area contributed by atoms with E-state index in [-0.39, 0.29) is 16.2 Å². The van der Waals surface area contributed by atoms with Gasteiger partial charge >= 0.3 is 5.97 Å². The molecule has 0 aliphatic carbocycles. The van der Waals surface area contributed by atoms with Crippen molar-refractivity contribution >= 4 is 52.6 Å². The Balaban J connectivity index is 1.71. The summed E-state index contributed by atoms with van der Waals surface area (Å²) >= 11 is 5.23. The van der Waals surface area contributed by atoms with Gasteiger partial charge in [-0.15, -0.1) is 0 Å². The second kappa shape index (κ2) is 9.19. The Bertz CT molecular complexity index is 1390. The maximum atomic E-state index is 13.3. The Labute approximate surface area is 208 Å². The molecule has 1 saturated heterocycles. The first-order valence-electron chi connectivity index (χ1n) is 10.8. The molecule has 4 rings (SSSR count). The van der Waals surface area contributed by atoms with Crippen molar-refractivity contribution < 1.29 is 19.5 Å². The molecule has 2 amide bonds. The van der Waals surface area contributed by atoms with Gasteiger partial charge in [0.25, 0.3) is 11.8 Å². The van der Waals surface area contributed by atoms with E-state index in [1.807, 2.05) is 63.2 Å². The van der Waals surface area contributed by atoms with Gasteiger partial charge in [0.2, 0.25) is 0 Å². The lowest BCUT2D eigenvalue weighted by Gasteiger charge is -2.29. The molecule has 1 aliphatic rings. The summed E-state index contributed by atoms with van der Waals surface area (Å²) in [6.07, 6.45) is 1.56. The Morgan fingerprint density at radius 3 is 2.17 bits per heavy atom. The molecule has 2 N–H and O–H groups in total. The predicted molar refractivity (Wildman–Crippen MR) is 139 cm³/mol. The van der Waals surface area contributed by atoms with Gasteiger partial charge in [0.15, 0.2) is 5.11 Å². The molecule has 3 aromatic rings. The summed E-state index contributed by atoms with van der Waals surface area (Å²) in [5.74, 6) is -2.25. The Morgan fingerprint density at radius 1 is 1.00 bits per heavy atom. The standard InChI is InChI=1S/C26H24N4O4S/c1-15-13-18(16(2)29(15)20-11-9-19(10-12-20)28(3)4)14-22-23(31)27-26(35)30(24(22)32)21-7-5-17(6-8-21)25(33)34/h5-14H,1-4H3,(H,33,34)(H,27,31,35)/b22-14+. The zero-order chi connectivity index (χ0) is 25.4. The van der Waals surface area contributed by atoms with Crippen LogP contribution in [0.25, 0.3) is 11.8 Å². The molecule has 2 heterocycles. The van der Waals surface area contributed by atoms with Gasteiger partial charge in [0, 0.05) is 36.9 Å². The Hall–Kier alpha value is -4.24. The van der Waals surface area contributed by atoms with Crippen LogP contribution >= 0.6 is 12.2 Å².